The standard InChI is InChI=1S/C17H30N2O4S/c1-6-7-18(16(22)23-17(3,4)5)8-9-19-11-14(10-15(19)21)12-24-13(2)20/h14H,6-12H2,1-5H3. The number of carbonyl (C=O) groups excluding carboxylic acids is 3. The van der Waals surface area contributed by atoms with Crippen LogP contribution in [0.5, 0.6) is 0 Å². The van der Waals surface area contributed by atoms with Gasteiger partial charge < -0.3 is 14.5 Å². The van der Waals surface area contributed by atoms with Crippen LogP contribution in [-0.2, 0) is 14.3 Å². The number of hydrogen-bond donors (Lipinski definition) is 0. The second kappa shape index (κ2) is 9.30. The summed E-state index contributed by atoms with van der Waals surface area (Å²) in [7, 11) is 0. The van der Waals surface area contributed by atoms with Gasteiger partial charge in [0, 0.05) is 45.3 Å². The van der Waals surface area contributed by atoms with E-state index in [0.717, 1.165) is 6.42 Å². The molecule has 1 saturated heterocycles. The van der Waals surface area contributed by atoms with Crippen molar-refractivity contribution in [3.63, 3.8) is 0 Å². The number of nitrogens with zero attached hydrogens (tertiary/aromatic N) is 2. The van der Waals surface area contributed by atoms with Gasteiger partial charge in [0.2, 0.25) is 5.91 Å². The van der Waals surface area contributed by atoms with Crippen molar-refractivity contribution in [2.45, 2.75) is 53.1 Å². The molecule has 0 saturated carbocycles. The normalized spacial score (nSPS) is 18.0. The first-order chi connectivity index (χ1) is 11.1. The lowest BCUT2D eigenvalue weighted by Gasteiger charge is -2.28. The van der Waals surface area contributed by atoms with E-state index in [1.165, 1.54) is 11.8 Å². The zero-order valence-corrected chi connectivity index (χ0v) is 16.3. The van der Waals surface area contributed by atoms with Gasteiger partial charge in [-0.05, 0) is 33.1 Å². The Bertz CT molecular complexity index is 462. The van der Waals surface area contributed by atoms with Crippen molar-refractivity contribution in [3.8, 4) is 0 Å². The van der Waals surface area contributed by atoms with Crippen LogP contribution < -0.4 is 0 Å². The molecule has 1 unspecified atom stereocenters. The molecule has 2 amide bonds. The number of amides is 2. The molecule has 0 aliphatic carbocycles. The summed E-state index contributed by atoms with van der Waals surface area (Å²) in [6, 6.07) is 0. The van der Waals surface area contributed by atoms with Gasteiger partial charge in [0.05, 0.1) is 0 Å². The molecule has 0 radical (unpaired) electrons. The lowest BCUT2D eigenvalue weighted by molar-refractivity contribution is -0.128. The summed E-state index contributed by atoms with van der Waals surface area (Å²) in [6.45, 7) is 11.3. The van der Waals surface area contributed by atoms with Crippen molar-refractivity contribution >= 4 is 28.9 Å². The summed E-state index contributed by atoms with van der Waals surface area (Å²) in [5.74, 6) is 1.000. The Morgan fingerprint density at radius 2 is 2.00 bits per heavy atom. The van der Waals surface area contributed by atoms with Gasteiger partial charge in [-0.3, -0.25) is 9.59 Å². The molecule has 1 aliphatic heterocycles. The van der Waals surface area contributed by atoms with Gasteiger partial charge in [-0.15, -0.1) is 0 Å². The molecule has 1 atom stereocenters. The van der Waals surface area contributed by atoms with E-state index in [9.17, 15) is 14.4 Å². The van der Waals surface area contributed by atoms with Crippen LogP contribution >= 0.6 is 11.8 Å². The molecule has 6 nitrogen and oxygen atoms in total. The lowest BCUT2D eigenvalue weighted by Crippen LogP contribution is -2.42. The van der Waals surface area contributed by atoms with Crippen LogP contribution in [0.2, 0.25) is 0 Å². The highest BCUT2D eigenvalue weighted by atomic mass is 32.2. The lowest BCUT2D eigenvalue weighted by atomic mass is 10.1. The molecule has 138 valence electrons. The van der Waals surface area contributed by atoms with Crippen LogP contribution in [0, 0.1) is 5.92 Å². The van der Waals surface area contributed by atoms with Gasteiger partial charge in [0.15, 0.2) is 5.12 Å². The van der Waals surface area contributed by atoms with Crippen molar-refractivity contribution in [1.82, 2.24) is 9.80 Å². The summed E-state index contributed by atoms with van der Waals surface area (Å²) in [6.07, 6.45) is 0.991. The molecule has 1 aliphatic rings. The van der Waals surface area contributed by atoms with Crippen LogP contribution in [0.3, 0.4) is 0 Å². The first kappa shape index (κ1) is 20.8. The van der Waals surface area contributed by atoms with E-state index in [-0.39, 0.29) is 23.0 Å². The predicted octanol–water partition coefficient (Wildman–Crippen LogP) is 2.76. The quantitative estimate of drug-likeness (QED) is 0.700. The Kier molecular flexibility index (Phi) is 8.06. The van der Waals surface area contributed by atoms with E-state index in [2.05, 4.69) is 0 Å². The second-order valence-corrected chi connectivity index (χ2v) is 8.38. The van der Waals surface area contributed by atoms with Crippen molar-refractivity contribution in [2.24, 2.45) is 5.92 Å². The number of carbonyl (C=O) groups is 3. The first-order valence-corrected chi connectivity index (χ1v) is 9.50. The molecule has 0 aromatic rings. The van der Waals surface area contributed by atoms with E-state index in [4.69, 9.17) is 4.74 Å². The molecule has 0 aromatic heterocycles. The highest BCUT2D eigenvalue weighted by Gasteiger charge is 2.30. The summed E-state index contributed by atoms with van der Waals surface area (Å²) in [4.78, 5) is 38.8. The van der Waals surface area contributed by atoms with Crippen molar-refractivity contribution < 1.29 is 19.1 Å². The summed E-state index contributed by atoms with van der Waals surface area (Å²) in [5, 5.41) is 0.0833. The second-order valence-electron chi connectivity index (χ2n) is 7.18. The Morgan fingerprint density at radius 3 is 2.54 bits per heavy atom. The van der Waals surface area contributed by atoms with Gasteiger partial charge in [-0.1, -0.05) is 18.7 Å². The van der Waals surface area contributed by atoms with E-state index in [1.807, 2.05) is 27.7 Å². The van der Waals surface area contributed by atoms with Gasteiger partial charge in [0.25, 0.3) is 0 Å². The zero-order valence-electron chi connectivity index (χ0n) is 15.5. The fraction of sp³-hybridized carbons (Fsp3) is 0.824. The van der Waals surface area contributed by atoms with Crippen molar-refractivity contribution in [3.05, 3.63) is 0 Å². The highest BCUT2D eigenvalue weighted by molar-refractivity contribution is 8.13. The van der Waals surface area contributed by atoms with Crippen LogP contribution in [0.1, 0.15) is 47.5 Å². The van der Waals surface area contributed by atoms with Crippen molar-refractivity contribution in [2.75, 3.05) is 31.9 Å². The molecular formula is C17H30N2O4S. The number of thioether (sulfide) groups is 1. The first-order valence-electron chi connectivity index (χ1n) is 8.51. The fourth-order valence-corrected chi connectivity index (χ4v) is 3.24. The number of ether oxygens (including phenoxy) is 1. The molecule has 0 N–H and O–H groups in total. The molecular weight excluding hydrogens is 328 g/mol. The molecule has 7 heteroatoms. The van der Waals surface area contributed by atoms with E-state index >= 15 is 0 Å². The molecule has 0 spiro atoms. The van der Waals surface area contributed by atoms with Crippen LogP contribution in [0.25, 0.3) is 0 Å². The largest absolute Gasteiger partial charge is 0.444 e. The average molecular weight is 359 g/mol. The Morgan fingerprint density at radius 1 is 1.33 bits per heavy atom. The minimum Gasteiger partial charge on any atom is -0.444 e. The Balaban J connectivity index is 2.50. The maximum absolute atomic E-state index is 12.2. The molecule has 0 bridgehead atoms. The van der Waals surface area contributed by atoms with Gasteiger partial charge >= 0.3 is 6.09 Å². The molecule has 1 rings (SSSR count). The maximum atomic E-state index is 12.2. The van der Waals surface area contributed by atoms with Crippen molar-refractivity contribution in [1.29, 1.82) is 0 Å². The van der Waals surface area contributed by atoms with E-state index < -0.39 is 5.60 Å². The summed E-state index contributed by atoms with van der Waals surface area (Å²) in [5.41, 5.74) is -0.526. The highest BCUT2D eigenvalue weighted by Crippen LogP contribution is 2.22. The van der Waals surface area contributed by atoms with Gasteiger partial charge in [-0.25, -0.2) is 4.79 Å². The zero-order chi connectivity index (χ0) is 18.3. The van der Waals surface area contributed by atoms with Gasteiger partial charge in [0.1, 0.15) is 5.60 Å². The Labute approximate surface area is 149 Å². The molecule has 0 aromatic carbocycles. The third-order valence-electron chi connectivity index (χ3n) is 3.60. The summed E-state index contributed by atoms with van der Waals surface area (Å²) >= 11 is 1.27. The number of likely N-dealkylation sites (tertiary alicyclic amines) is 1. The minimum absolute atomic E-state index is 0.0833. The smallest absolute Gasteiger partial charge is 0.410 e. The van der Waals surface area contributed by atoms with E-state index in [1.54, 1.807) is 16.7 Å². The topological polar surface area (TPSA) is 66.9 Å². The average Bonchev–Trinajstić information content (AvgIpc) is 2.79. The third-order valence-corrected chi connectivity index (χ3v) is 4.65. The van der Waals surface area contributed by atoms with Crippen LogP contribution in [0.4, 0.5) is 4.79 Å². The third kappa shape index (κ3) is 7.55. The molecule has 24 heavy (non-hydrogen) atoms. The summed E-state index contributed by atoms with van der Waals surface area (Å²) < 4.78 is 5.42. The molecule has 1 heterocycles. The maximum Gasteiger partial charge on any atom is 0.410 e. The Hall–Kier alpha value is -1.24. The SMILES string of the molecule is CCCN(CCN1CC(CSC(C)=O)CC1=O)C(=O)OC(C)(C)C. The number of rotatable bonds is 7. The monoisotopic (exact) mass is 358 g/mol. The molecule has 1 fully saturated rings. The minimum atomic E-state index is -0.526. The predicted molar refractivity (Wildman–Crippen MR) is 95.9 cm³/mol. The van der Waals surface area contributed by atoms with Crippen LogP contribution in [-0.4, -0.2) is 64.4 Å². The number of hydrogen-bond acceptors (Lipinski definition) is 5. The fourth-order valence-electron chi connectivity index (χ4n) is 2.55. The van der Waals surface area contributed by atoms with Crippen LogP contribution in [0.15, 0.2) is 0 Å². The van der Waals surface area contributed by atoms with Gasteiger partial charge in [-0.2, -0.15) is 0 Å². The van der Waals surface area contributed by atoms with E-state index in [0.29, 0.717) is 38.4 Å².